The molecule has 3 heterocycles. The van der Waals surface area contributed by atoms with Crippen molar-refractivity contribution in [2.75, 3.05) is 46.2 Å². The molecule has 52 heavy (non-hydrogen) atoms. The third-order valence-corrected chi connectivity index (χ3v) is 8.29. The predicted molar refractivity (Wildman–Crippen MR) is 173 cm³/mol. The van der Waals surface area contributed by atoms with Gasteiger partial charge in [-0.2, -0.15) is 0 Å². The summed E-state index contributed by atoms with van der Waals surface area (Å²) in [7, 11) is 0. The lowest BCUT2D eigenvalue weighted by Crippen LogP contribution is -2.61. The molecule has 10 atom stereocenters. The molecule has 0 unspecified atom stereocenters. The maximum atomic E-state index is 14.3. The topological polar surface area (TPSA) is 297 Å². The quantitative estimate of drug-likeness (QED) is 0.0758. The van der Waals surface area contributed by atoms with E-state index in [2.05, 4.69) is 0 Å². The fraction of sp³-hybridized carbons (Fsp3) is 0.545. The normalized spacial score (nSPS) is 29.2. The van der Waals surface area contributed by atoms with Crippen molar-refractivity contribution in [1.29, 1.82) is 0 Å². The minimum Gasteiger partial charge on any atom is -0.508 e. The zero-order chi connectivity index (χ0) is 37.7. The highest BCUT2D eigenvalue weighted by Crippen LogP contribution is 2.40. The summed E-state index contributed by atoms with van der Waals surface area (Å²) in [6, 6.07) is 6.43. The van der Waals surface area contributed by atoms with Crippen LogP contribution in [0.3, 0.4) is 0 Å². The molecule has 0 spiro atoms. The SMILES string of the molecule is C[C@@H]1O[C@@H](OC[C@H]2O[C@@H](Oc3c(-c4ccc(OCCO)c(OCCO)c4)oc4cc(O)cc(OCCO)c4c3=O)[C@H](O)[C@@H](O)[C@@H]2O)[C@H](O)[C@H](O)[C@H]1O. The van der Waals surface area contributed by atoms with E-state index >= 15 is 0 Å². The number of benzene rings is 2. The Morgan fingerprint density at radius 3 is 1.98 bits per heavy atom. The summed E-state index contributed by atoms with van der Waals surface area (Å²) in [5.41, 5.74) is -1.02. The lowest BCUT2D eigenvalue weighted by molar-refractivity contribution is -0.318. The van der Waals surface area contributed by atoms with E-state index in [0.29, 0.717) is 0 Å². The van der Waals surface area contributed by atoms with Gasteiger partial charge in [0.05, 0.1) is 32.5 Å². The number of rotatable bonds is 15. The van der Waals surface area contributed by atoms with Gasteiger partial charge in [-0.05, 0) is 25.1 Å². The Labute approximate surface area is 294 Å². The number of aliphatic hydroxyl groups is 9. The van der Waals surface area contributed by atoms with E-state index in [1.54, 1.807) is 0 Å². The van der Waals surface area contributed by atoms with Crippen LogP contribution in [0, 0.1) is 0 Å². The average Bonchev–Trinajstić information content (AvgIpc) is 3.13. The molecular formula is C33H42O19. The van der Waals surface area contributed by atoms with E-state index in [0.717, 1.165) is 12.1 Å². The molecule has 0 amide bonds. The fourth-order valence-corrected chi connectivity index (χ4v) is 5.62. The van der Waals surface area contributed by atoms with Crippen LogP contribution < -0.4 is 24.4 Å². The zero-order valence-electron chi connectivity index (χ0n) is 27.8. The van der Waals surface area contributed by atoms with Crippen LogP contribution in [0.15, 0.2) is 39.5 Å². The molecule has 2 saturated heterocycles. The zero-order valence-corrected chi connectivity index (χ0v) is 27.8. The van der Waals surface area contributed by atoms with E-state index in [-0.39, 0.29) is 78.3 Å². The van der Waals surface area contributed by atoms with Crippen LogP contribution in [-0.2, 0) is 14.2 Å². The first-order valence-electron chi connectivity index (χ1n) is 16.3. The standard InChI is InChI=1S/C33H42O19/c1-14-23(38)26(41)28(43)32(49-14)48-13-21-24(39)27(42)29(44)33(51-21)52-31-25(40)22-19(47-9-6-36)11-16(37)12-20(22)50-30(31)15-2-3-17(45-7-4-34)18(10-15)46-8-5-35/h2-3,10-12,14,21,23-24,26-29,32-39,41-44H,4-9,13H2,1H3/t14-,21+,23-,24+,26+,27-,28+,29+,32+,33-/m0/s1. The van der Waals surface area contributed by atoms with Crippen LogP contribution in [0.4, 0.5) is 0 Å². The third-order valence-electron chi connectivity index (χ3n) is 8.29. The molecule has 0 saturated carbocycles. The minimum absolute atomic E-state index is 0.0559. The number of ether oxygens (including phenoxy) is 7. The molecule has 2 aliphatic heterocycles. The minimum atomic E-state index is -1.98. The van der Waals surface area contributed by atoms with Gasteiger partial charge >= 0.3 is 0 Å². The maximum Gasteiger partial charge on any atom is 0.239 e. The summed E-state index contributed by atoms with van der Waals surface area (Å²) < 4.78 is 45.3. The summed E-state index contributed by atoms with van der Waals surface area (Å²) in [4.78, 5) is 14.3. The molecule has 0 aliphatic carbocycles. The Morgan fingerprint density at radius 1 is 0.692 bits per heavy atom. The van der Waals surface area contributed by atoms with Crippen molar-refractivity contribution in [3.63, 3.8) is 0 Å². The van der Waals surface area contributed by atoms with Gasteiger partial charge in [-0.15, -0.1) is 0 Å². The maximum absolute atomic E-state index is 14.3. The molecule has 0 bridgehead atoms. The number of hydrogen-bond acceptors (Lipinski definition) is 19. The first-order chi connectivity index (χ1) is 24.9. The molecule has 2 aromatic carbocycles. The van der Waals surface area contributed by atoms with Gasteiger partial charge in [0.25, 0.3) is 0 Å². The van der Waals surface area contributed by atoms with Crippen molar-refractivity contribution in [1.82, 2.24) is 0 Å². The summed E-state index contributed by atoms with van der Waals surface area (Å²) in [5, 5.41) is 101. The Balaban J connectivity index is 1.55. The largest absolute Gasteiger partial charge is 0.508 e. The highest BCUT2D eigenvalue weighted by Gasteiger charge is 2.48. The van der Waals surface area contributed by atoms with Gasteiger partial charge in [0.15, 0.2) is 23.5 Å². The molecule has 1 aromatic heterocycles. The van der Waals surface area contributed by atoms with Crippen LogP contribution in [0.1, 0.15) is 6.92 Å². The monoisotopic (exact) mass is 742 g/mol. The van der Waals surface area contributed by atoms with E-state index in [1.807, 2.05) is 0 Å². The van der Waals surface area contributed by atoms with E-state index in [4.69, 9.17) is 37.6 Å². The average molecular weight is 743 g/mol. The van der Waals surface area contributed by atoms with Gasteiger partial charge in [0, 0.05) is 17.7 Å². The van der Waals surface area contributed by atoms with Crippen molar-refractivity contribution in [3.8, 4) is 40.1 Å². The van der Waals surface area contributed by atoms with E-state index in [9.17, 15) is 55.9 Å². The van der Waals surface area contributed by atoms with Gasteiger partial charge in [-0.3, -0.25) is 4.79 Å². The van der Waals surface area contributed by atoms with Gasteiger partial charge in [-0.1, -0.05) is 0 Å². The van der Waals surface area contributed by atoms with Crippen LogP contribution in [-0.4, -0.2) is 159 Å². The van der Waals surface area contributed by atoms with E-state index < -0.39 is 85.8 Å². The lowest BCUT2D eigenvalue weighted by Gasteiger charge is -2.42. The summed E-state index contributed by atoms with van der Waals surface area (Å²) in [5.74, 6) is -1.29. The fourth-order valence-electron chi connectivity index (χ4n) is 5.62. The molecule has 3 aromatic rings. The molecular weight excluding hydrogens is 700 g/mol. The molecule has 19 nitrogen and oxygen atoms in total. The van der Waals surface area contributed by atoms with Gasteiger partial charge in [-0.25, -0.2) is 0 Å². The van der Waals surface area contributed by atoms with Crippen molar-refractivity contribution in [3.05, 3.63) is 40.6 Å². The second-order valence-electron chi connectivity index (χ2n) is 11.9. The number of phenolic OH excluding ortho intramolecular Hbond substituents is 1. The van der Waals surface area contributed by atoms with Crippen molar-refractivity contribution < 1.29 is 88.6 Å². The number of aliphatic hydroxyl groups excluding tert-OH is 9. The van der Waals surface area contributed by atoms with Crippen LogP contribution in [0.5, 0.6) is 28.7 Å². The Morgan fingerprint density at radius 2 is 1.31 bits per heavy atom. The third kappa shape index (κ3) is 8.36. The van der Waals surface area contributed by atoms with Crippen LogP contribution >= 0.6 is 0 Å². The van der Waals surface area contributed by atoms with E-state index in [1.165, 1.54) is 25.1 Å². The molecule has 2 aliphatic rings. The second kappa shape index (κ2) is 17.3. The summed E-state index contributed by atoms with van der Waals surface area (Å²) in [6.45, 7) is -0.873. The second-order valence-corrected chi connectivity index (χ2v) is 11.9. The first kappa shape index (κ1) is 39.4. The Kier molecular flexibility index (Phi) is 13.1. The smallest absolute Gasteiger partial charge is 0.239 e. The first-order valence-corrected chi connectivity index (χ1v) is 16.3. The van der Waals surface area contributed by atoms with Gasteiger partial charge < -0.3 is 88.6 Å². The number of fused-ring (bicyclic) bond motifs is 1. The molecule has 19 heteroatoms. The van der Waals surface area contributed by atoms with Gasteiger partial charge in [0.2, 0.25) is 17.5 Å². The van der Waals surface area contributed by atoms with Crippen LogP contribution in [0.25, 0.3) is 22.3 Å². The van der Waals surface area contributed by atoms with Crippen LogP contribution in [0.2, 0.25) is 0 Å². The van der Waals surface area contributed by atoms with Gasteiger partial charge in [0.1, 0.15) is 85.0 Å². The molecule has 0 radical (unpaired) electrons. The molecule has 2 fully saturated rings. The highest BCUT2D eigenvalue weighted by molar-refractivity contribution is 5.88. The highest BCUT2D eigenvalue weighted by atomic mass is 16.7. The van der Waals surface area contributed by atoms with Crippen molar-refractivity contribution in [2.24, 2.45) is 0 Å². The van der Waals surface area contributed by atoms with Crippen molar-refractivity contribution >= 4 is 11.0 Å². The van der Waals surface area contributed by atoms with Crippen molar-refractivity contribution in [2.45, 2.75) is 68.3 Å². The molecule has 288 valence electrons. The predicted octanol–water partition coefficient (Wildman–Crippen LogP) is -2.69. The Hall–Kier alpha value is -3.83. The summed E-state index contributed by atoms with van der Waals surface area (Å²) >= 11 is 0. The summed E-state index contributed by atoms with van der Waals surface area (Å²) in [6.07, 6.45) is -16.3. The Bertz CT molecular complexity index is 1700. The number of phenols is 1. The molecule has 5 rings (SSSR count). The number of aromatic hydroxyl groups is 1. The number of hydrogen-bond donors (Lipinski definition) is 10. The lowest BCUT2D eigenvalue weighted by atomic mass is 9.98. The molecule has 10 N–H and O–H groups in total.